The van der Waals surface area contributed by atoms with Crippen molar-refractivity contribution in [1.29, 1.82) is 0 Å². The van der Waals surface area contributed by atoms with Gasteiger partial charge in [0.05, 0.1) is 11.4 Å². The number of rotatable bonds is 7. The standard InChI is InChI=1S/C16H19BrN4O2S/c1-4-5-8-21-11(3)10(2)18-16(21)24-9-14-19-20-15(23-14)12-6-7-13(17)22-12/h6-7H,4-5,8-9H2,1-3H3. The molecule has 0 N–H and O–H groups in total. The van der Waals surface area contributed by atoms with Crippen molar-refractivity contribution in [3.63, 3.8) is 0 Å². The smallest absolute Gasteiger partial charge is 0.283 e. The SMILES string of the molecule is CCCCn1c(SCc2nnc(-c3ccc(Br)o3)o2)nc(C)c1C. The number of unbranched alkanes of at least 4 members (excludes halogenated alkanes) is 1. The predicted molar refractivity (Wildman–Crippen MR) is 95.9 cm³/mol. The molecule has 0 fully saturated rings. The molecule has 0 saturated heterocycles. The van der Waals surface area contributed by atoms with Crippen LogP contribution in [0.3, 0.4) is 0 Å². The zero-order chi connectivity index (χ0) is 17.1. The Kier molecular flexibility index (Phi) is 5.45. The average Bonchev–Trinajstić information content (AvgIpc) is 3.25. The lowest BCUT2D eigenvalue weighted by Crippen LogP contribution is -2.02. The van der Waals surface area contributed by atoms with Crippen LogP contribution in [0.25, 0.3) is 11.7 Å². The third-order valence-corrected chi connectivity index (χ3v) is 5.12. The fraction of sp³-hybridized carbons (Fsp3) is 0.438. The van der Waals surface area contributed by atoms with Gasteiger partial charge in [0.15, 0.2) is 15.6 Å². The number of aromatic nitrogens is 4. The van der Waals surface area contributed by atoms with Crippen molar-refractivity contribution in [2.24, 2.45) is 0 Å². The van der Waals surface area contributed by atoms with Crippen molar-refractivity contribution in [2.45, 2.75) is 51.1 Å². The molecule has 0 atom stereocenters. The number of halogens is 1. The molecule has 0 aliphatic rings. The van der Waals surface area contributed by atoms with Gasteiger partial charge in [0.2, 0.25) is 5.89 Å². The fourth-order valence-electron chi connectivity index (χ4n) is 2.28. The van der Waals surface area contributed by atoms with E-state index in [1.165, 1.54) is 5.69 Å². The summed E-state index contributed by atoms with van der Waals surface area (Å²) in [6.45, 7) is 7.34. The third-order valence-electron chi connectivity index (χ3n) is 3.73. The van der Waals surface area contributed by atoms with Gasteiger partial charge in [-0.2, -0.15) is 0 Å². The van der Waals surface area contributed by atoms with Crippen LogP contribution in [0.2, 0.25) is 0 Å². The number of hydrogen-bond donors (Lipinski definition) is 0. The highest BCUT2D eigenvalue weighted by atomic mass is 79.9. The summed E-state index contributed by atoms with van der Waals surface area (Å²) < 4.78 is 14.0. The van der Waals surface area contributed by atoms with Gasteiger partial charge in [-0.05, 0) is 48.3 Å². The van der Waals surface area contributed by atoms with Crippen molar-refractivity contribution in [3.8, 4) is 11.7 Å². The number of nitrogens with zero attached hydrogens (tertiary/aromatic N) is 4. The second-order valence-corrected chi connectivity index (χ2v) is 7.19. The lowest BCUT2D eigenvalue weighted by molar-refractivity contribution is 0.486. The van der Waals surface area contributed by atoms with Crippen LogP contribution in [-0.2, 0) is 12.3 Å². The Hall–Kier alpha value is -1.54. The first-order valence-corrected chi connectivity index (χ1v) is 9.61. The third kappa shape index (κ3) is 3.75. The monoisotopic (exact) mass is 410 g/mol. The van der Waals surface area contributed by atoms with Crippen LogP contribution in [0.5, 0.6) is 0 Å². The van der Waals surface area contributed by atoms with Gasteiger partial charge < -0.3 is 13.4 Å². The summed E-state index contributed by atoms with van der Waals surface area (Å²) in [6, 6.07) is 3.59. The van der Waals surface area contributed by atoms with E-state index in [1.807, 2.05) is 6.92 Å². The molecule has 0 aliphatic heterocycles. The Labute approximate surface area is 153 Å². The molecule has 0 aliphatic carbocycles. The molecule has 0 saturated carbocycles. The predicted octanol–water partition coefficient (Wildman–Crippen LogP) is 5.00. The van der Waals surface area contributed by atoms with Gasteiger partial charge in [0, 0.05) is 12.2 Å². The summed E-state index contributed by atoms with van der Waals surface area (Å²) in [5.41, 5.74) is 2.29. The highest BCUT2D eigenvalue weighted by Gasteiger charge is 2.15. The molecule has 24 heavy (non-hydrogen) atoms. The van der Waals surface area contributed by atoms with E-state index in [0.29, 0.717) is 28.0 Å². The van der Waals surface area contributed by atoms with Gasteiger partial charge in [0.1, 0.15) is 0 Å². The van der Waals surface area contributed by atoms with Crippen molar-refractivity contribution >= 4 is 27.7 Å². The number of aryl methyl sites for hydroxylation is 1. The van der Waals surface area contributed by atoms with Gasteiger partial charge in [-0.25, -0.2) is 4.98 Å². The van der Waals surface area contributed by atoms with E-state index in [0.717, 1.165) is 30.2 Å². The largest absolute Gasteiger partial charge is 0.444 e. The minimum atomic E-state index is 0.387. The van der Waals surface area contributed by atoms with Crippen LogP contribution in [0.15, 0.2) is 30.8 Å². The quantitative estimate of drug-likeness (QED) is 0.510. The molecule has 3 aromatic rings. The summed E-state index contributed by atoms with van der Waals surface area (Å²) in [5, 5.41) is 9.12. The average molecular weight is 411 g/mol. The second kappa shape index (κ2) is 7.57. The normalized spacial score (nSPS) is 11.3. The molecule has 8 heteroatoms. The van der Waals surface area contributed by atoms with Crippen molar-refractivity contribution in [2.75, 3.05) is 0 Å². The fourth-order valence-corrected chi connectivity index (χ4v) is 3.54. The minimum absolute atomic E-state index is 0.387. The topological polar surface area (TPSA) is 69.9 Å². The first kappa shape index (κ1) is 17.3. The number of thioether (sulfide) groups is 1. The van der Waals surface area contributed by atoms with Crippen LogP contribution in [-0.4, -0.2) is 19.7 Å². The highest BCUT2D eigenvalue weighted by molar-refractivity contribution is 9.10. The van der Waals surface area contributed by atoms with E-state index in [9.17, 15) is 0 Å². The number of imidazole rings is 1. The maximum Gasteiger partial charge on any atom is 0.283 e. The minimum Gasteiger partial charge on any atom is -0.444 e. The van der Waals surface area contributed by atoms with Crippen LogP contribution in [0.1, 0.15) is 37.0 Å². The molecular formula is C16H19BrN4O2S. The Balaban J connectivity index is 1.70. The molecule has 0 amide bonds. The molecule has 128 valence electrons. The summed E-state index contributed by atoms with van der Waals surface area (Å²) in [7, 11) is 0. The van der Waals surface area contributed by atoms with E-state index < -0.39 is 0 Å². The van der Waals surface area contributed by atoms with Crippen LogP contribution in [0, 0.1) is 13.8 Å². The van der Waals surface area contributed by atoms with Crippen LogP contribution in [0.4, 0.5) is 0 Å². The second-order valence-electron chi connectivity index (χ2n) is 5.46. The van der Waals surface area contributed by atoms with E-state index >= 15 is 0 Å². The summed E-state index contributed by atoms with van der Waals surface area (Å²) in [6.07, 6.45) is 2.30. The summed E-state index contributed by atoms with van der Waals surface area (Å²) in [5.74, 6) is 2.08. The van der Waals surface area contributed by atoms with Crippen molar-refractivity contribution in [1.82, 2.24) is 19.7 Å². The molecular weight excluding hydrogens is 392 g/mol. The Bertz CT molecular complexity index is 824. The van der Waals surface area contributed by atoms with E-state index in [4.69, 9.17) is 8.83 Å². The van der Waals surface area contributed by atoms with Crippen molar-refractivity contribution in [3.05, 3.63) is 34.1 Å². The molecule has 3 heterocycles. The zero-order valence-corrected chi connectivity index (χ0v) is 16.3. The molecule has 0 spiro atoms. The van der Waals surface area contributed by atoms with Gasteiger partial charge in [0.25, 0.3) is 5.89 Å². The number of hydrogen-bond acceptors (Lipinski definition) is 6. The van der Waals surface area contributed by atoms with E-state index in [2.05, 4.69) is 49.5 Å². The highest BCUT2D eigenvalue weighted by Crippen LogP contribution is 2.27. The molecule has 3 aromatic heterocycles. The summed E-state index contributed by atoms with van der Waals surface area (Å²) in [4.78, 5) is 4.66. The molecule has 0 aromatic carbocycles. The molecule has 0 radical (unpaired) electrons. The van der Waals surface area contributed by atoms with Crippen LogP contribution < -0.4 is 0 Å². The molecule has 3 rings (SSSR count). The van der Waals surface area contributed by atoms with Crippen molar-refractivity contribution < 1.29 is 8.83 Å². The molecule has 0 bridgehead atoms. The van der Waals surface area contributed by atoms with Gasteiger partial charge in [-0.3, -0.25) is 0 Å². The summed E-state index contributed by atoms with van der Waals surface area (Å²) >= 11 is 4.88. The van der Waals surface area contributed by atoms with Gasteiger partial charge in [-0.15, -0.1) is 10.2 Å². The molecule has 0 unspecified atom stereocenters. The Morgan fingerprint density at radius 1 is 1.21 bits per heavy atom. The van der Waals surface area contributed by atoms with Gasteiger partial charge >= 0.3 is 0 Å². The van der Waals surface area contributed by atoms with Crippen LogP contribution >= 0.6 is 27.7 Å². The Morgan fingerprint density at radius 2 is 2.04 bits per heavy atom. The maximum atomic E-state index is 5.67. The maximum absolute atomic E-state index is 5.67. The lowest BCUT2D eigenvalue weighted by atomic mass is 10.3. The first-order chi connectivity index (χ1) is 11.6. The van der Waals surface area contributed by atoms with Gasteiger partial charge in [-0.1, -0.05) is 25.1 Å². The zero-order valence-electron chi connectivity index (χ0n) is 13.9. The lowest BCUT2D eigenvalue weighted by Gasteiger charge is -2.08. The Morgan fingerprint density at radius 3 is 2.75 bits per heavy atom. The van der Waals surface area contributed by atoms with E-state index in [1.54, 1.807) is 23.9 Å². The first-order valence-electron chi connectivity index (χ1n) is 7.83. The molecule has 6 nitrogen and oxygen atoms in total. The van der Waals surface area contributed by atoms with E-state index in [-0.39, 0.29) is 0 Å². The number of furan rings is 1.